The van der Waals surface area contributed by atoms with Gasteiger partial charge >= 0.3 is 5.97 Å². The van der Waals surface area contributed by atoms with Gasteiger partial charge in [-0.1, -0.05) is 17.7 Å². The number of amides is 1. The van der Waals surface area contributed by atoms with Crippen LogP contribution in [0.25, 0.3) is 0 Å². The summed E-state index contributed by atoms with van der Waals surface area (Å²) >= 11 is 1.42. The lowest BCUT2D eigenvalue weighted by Crippen LogP contribution is -2.58. The number of ether oxygens (including phenoxy) is 1. The largest absolute Gasteiger partial charge is 0.480 e. The quantitative estimate of drug-likeness (QED) is 0.813. The van der Waals surface area contributed by atoms with Gasteiger partial charge in [-0.15, -0.1) is 11.8 Å². The van der Waals surface area contributed by atoms with Crippen LogP contribution in [0.1, 0.15) is 25.3 Å². The molecule has 0 bridgehead atoms. The minimum Gasteiger partial charge on any atom is -0.480 e. The van der Waals surface area contributed by atoms with Crippen molar-refractivity contribution in [3.05, 3.63) is 29.8 Å². The zero-order valence-electron chi connectivity index (χ0n) is 12.8. The first-order valence-corrected chi connectivity index (χ1v) is 8.17. The number of aryl methyl sites for hydroxylation is 1. The van der Waals surface area contributed by atoms with Crippen LogP contribution in [-0.2, 0) is 14.3 Å². The number of benzene rings is 1. The summed E-state index contributed by atoms with van der Waals surface area (Å²) in [6, 6.07) is 7.91. The topological polar surface area (TPSA) is 75.6 Å². The minimum absolute atomic E-state index is 0.255. The van der Waals surface area contributed by atoms with Crippen molar-refractivity contribution in [3.63, 3.8) is 0 Å². The van der Waals surface area contributed by atoms with E-state index < -0.39 is 11.5 Å². The van der Waals surface area contributed by atoms with Gasteiger partial charge in [0.25, 0.3) is 0 Å². The van der Waals surface area contributed by atoms with Crippen molar-refractivity contribution >= 4 is 23.6 Å². The lowest BCUT2D eigenvalue weighted by molar-refractivity contribution is -0.152. The second kappa shape index (κ2) is 7.15. The number of carboxylic acid groups (broad SMARTS) is 1. The number of aliphatic carboxylic acids is 1. The fraction of sp³-hybridized carbons (Fsp3) is 0.500. The number of carboxylic acids is 1. The zero-order valence-corrected chi connectivity index (χ0v) is 13.6. The van der Waals surface area contributed by atoms with E-state index in [9.17, 15) is 14.7 Å². The maximum Gasteiger partial charge on any atom is 0.329 e. The number of hydrogen-bond donors (Lipinski definition) is 2. The molecule has 22 heavy (non-hydrogen) atoms. The Kier molecular flexibility index (Phi) is 5.47. The summed E-state index contributed by atoms with van der Waals surface area (Å²) in [4.78, 5) is 24.9. The van der Waals surface area contributed by atoms with Crippen molar-refractivity contribution in [1.82, 2.24) is 5.32 Å². The van der Waals surface area contributed by atoms with Crippen LogP contribution >= 0.6 is 11.8 Å². The Bertz CT molecular complexity index is 538. The Labute approximate surface area is 134 Å². The molecule has 6 heteroatoms. The van der Waals surface area contributed by atoms with Gasteiger partial charge in [-0.2, -0.15) is 0 Å². The summed E-state index contributed by atoms with van der Waals surface area (Å²) in [7, 11) is 0. The van der Waals surface area contributed by atoms with Gasteiger partial charge in [-0.25, -0.2) is 4.79 Å². The van der Waals surface area contributed by atoms with Crippen LogP contribution in [0.2, 0.25) is 0 Å². The van der Waals surface area contributed by atoms with E-state index in [0.717, 1.165) is 10.5 Å². The fourth-order valence-corrected chi connectivity index (χ4v) is 3.19. The number of thioether (sulfide) groups is 1. The van der Waals surface area contributed by atoms with Gasteiger partial charge in [0.05, 0.1) is 5.25 Å². The molecule has 1 aliphatic heterocycles. The lowest BCUT2D eigenvalue weighted by atomic mass is 9.90. The number of carbonyl (C=O) groups excluding carboxylic acids is 1. The van der Waals surface area contributed by atoms with Crippen molar-refractivity contribution < 1.29 is 19.4 Å². The number of rotatable bonds is 5. The normalized spacial score (nSPS) is 18.5. The molecule has 5 nitrogen and oxygen atoms in total. The lowest BCUT2D eigenvalue weighted by Gasteiger charge is -2.34. The predicted octanol–water partition coefficient (Wildman–Crippen LogP) is 2.23. The molecule has 1 fully saturated rings. The highest BCUT2D eigenvalue weighted by atomic mass is 32.2. The van der Waals surface area contributed by atoms with Gasteiger partial charge in [0.1, 0.15) is 5.54 Å². The van der Waals surface area contributed by atoms with Crippen molar-refractivity contribution in [2.75, 3.05) is 13.2 Å². The van der Waals surface area contributed by atoms with Crippen LogP contribution < -0.4 is 5.32 Å². The molecule has 2 N–H and O–H groups in total. The molecule has 1 atom stereocenters. The third-order valence-corrected chi connectivity index (χ3v) is 4.93. The Hall–Kier alpha value is -1.53. The number of hydrogen-bond acceptors (Lipinski definition) is 4. The zero-order chi connectivity index (χ0) is 16.2. The van der Waals surface area contributed by atoms with Crippen LogP contribution in [0.3, 0.4) is 0 Å². The average Bonchev–Trinajstić information content (AvgIpc) is 2.50. The van der Waals surface area contributed by atoms with Gasteiger partial charge < -0.3 is 15.2 Å². The van der Waals surface area contributed by atoms with Gasteiger partial charge in [0, 0.05) is 31.0 Å². The van der Waals surface area contributed by atoms with Crippen LogP contribution in [0.5, 0.6) is 0 Å². The van der Waals surface area contributed by atoms with Gasteiger partial charge in [-0.05, 0) is 26.0 Å². The second-order valence-electron chi connectivity index (χ2n) is 5.56. The molecule has 0 aliphatic carbocycles. The van der Waals surface area contributed by atoms with Crippen LogP contribution in [0.4, 0.5) is 0 Å². The second-order valence-corrected chi connectivity index (χ2v) is 6.98. The molecule has 120 valence electrons. The summed E-state index contributed by atoms with van der Waals surface area (Å²) in [6.45, 7) is 4.50. The highest BCUT2D eigenvalue weighted by molar-refractivity contribution is 8.00. The molecule has 1 aliphatic rings. The standard InChI is InChI=1S/C16H21NO4S/c1-11-3-5-13(6-4-11)22-12(2)14(18)17-16(15(19)20)7-9-21-10-8-16/h3-6,12H,7-10H2,1-2H3,(H,17,18)(H,19,20). The molecule has 0 saturated carbocycles. The van der Waals surface area contributed by atoms with Crippen molar-refractivity contribution in [2.24, 2.45) is 0 Å². The van der Waals surface area contributed by atoms with E-state index in [2.05, 4.69) is 5.32 Å². The Morgan fingerprint density at radius 2 is 1.86 bits per heavy atom. The molecule has 1 amide bonds. The van der Waals surface area contributed by atoms with E-state index >= 15 is 0 Å². The summed E-state index contributed by atoms with van der Waals surface area (Å²) in [6.07, 6.45) is 0.603. The predicted molar refractivity (Wildman–Crippen MR) is 85.1 cm³/mol. The fourth-order valence-electron chi connectivity index (χ4n) is 2.32. The summed E-state index contributed by atoms with van der Waals surface area (Å²) in [5.74, 6) is -1.24. The van der Waals surface area contributed by atoms with E-state index in [0.29, 0.717) is 26.1 Å². The van der Waals surface area contributed by atoms with E-state index in [4.69, 9.17) is 4.74 Å². The van der Waals surface area contributed by atoms with Crippen molar-refractivity contribution in [1.29, 1.82) is 0 Å². The van der Waals surface area contributed by atoms with E-state index in [1.807, 2.05) is 31.2 Å². The van der Waals surface area contributed by atoms with Gasteiger partial charge in [0.2, 0.25) is 5.91 Å². The Morgan fingerprint density at radius 1 is 1.27 bits per heavy atom. The van der Waals surface area contributed by atoms with Crippen LogP contribution in [0, 0.1) is 6.92 Å². The third kappa shape index (κ3) is 4.01. The molecule has 1 heterocycles. The molecule has 1 aromatic rings. The van der Waals surface area contributed by atoms with Crippen LogP contribution in [-0.4, -0.2) is 41.0 Å². The molecule has 0 radical (unpaired) electrons. The van der Waals surface area contributed by atoms with Crippen LogP contribution in [0.15, 0.2) is 29.2 Å². The average molecular weight is 323 g/mol. The monoisotopic (exact) mass is 323 g/mol. The summed E-state index contributed by atoms with van der Waals surface area (Å²) < 4.78 is 5.20. The first-order chi connectivity index (χ1) is 10.4. The highest BCUT2D eigenvalue weighted by Crippen LogP contribution is 2.26. The highest BCUT2D eigenvalue weighted by Gasteiger charge is 2.42. The van der Waals surface area contributed by atoms with E-state index in [1.165, 1.54) is 11.8 Å². The van der Waals surface area contributed by atoms with Crippen molar-refractivity contribution in [2.45, 2.75) is 42.4 Å². The Balaban J connectivity index is 2.00. The molecule has 1 unspecified atom stereocenters. The first-order valence-electron chi connectivity index (χ1n) is 7.29. The smallest absolute Gasteiger partial charge is 0.329 e. The van der Waals surface area contributed by atoms with Gasteiger partial charge in [-0.3, -0.25) is 4.79 Å². The van der Waals surface area contributed by atoms with Gasteiger partial charge in [0.15, 0.2) is 0 Å². The summed E-state index contributed by atoms with van der Waals surface area (Å²) in [5.41, 5.74) is -0.0364. The maximum atomic E-state index is 12.4. The Morgan fingerprint density at radius 3 is 2.41 bits per heavy atom. The first kappa shape index (κ1) is 16.8. The maximum absolute atomic E-state index is 12.4. The minimum atomic E-state index is -1.20. The van der Waals surface area contributed by atoms with E-state index in [1.54, 1.807) is 6.92 Å². The molecule has 0 aromatic heterocycles. The van der Waals surface area contributed by atoms with Crippen molar-refractivity contribution in [3.8, 4) is 0 Å². The SMILES string of the molecule is Cc1ccc(SC(C)C(=O)NC2(C(=O)O)CCOCC2)cc1. The molecule has 0 spiro atoms. The number of nitrogens with one attached hydrogen (secondary N) is 1. The van der Waals surface area contributed by atoms with E-state index in [-0.39, 0.29) is 11.2 Å². The molecule has 2 rings (SSSR count). The molecular weight excluding hydrogens is 302 g/mol. The molecule has 1 saturated heterocycles. The number of carbonyl (C=O) groups is 2. The molecular formula is C16H21NO4S. The summed E-state index contributed by atoms with van der Waals surface area (Å²) in [5, 5.41) is 11.8. The molecule has 1 aromatic carbocycles. The third-order valence-electron chi connectivity index (χ3n) is 3.82.